The van der Waals surface area contributed by atoms with Crippen LogP contribution in [-0.4, -0.2) is 30.1 Å². The number of ether oxygens (including phenoxy) is 1. The highest BCUT2D eigenvalue weighted by molar-refractivity contribution is 5.95. The molecule has 0 saturated heterocycles. The molecule has 0 bridgehead atoms. The van der Waals surface area contributed by atoms with Crippen LogP contribution in [-0.2, 0) is 14.3 Å². The number of aliphatic hydroxyl groups is 1. The molecular weight excluding hydrogens is 268 g/mol. The molecule has 0 spiro atoms. The first kappa shape index (κ1) is 20.1. The minimum Gasteiger partial charge on any atom is -0.469 e. The van der Waals surface area contributed by atoms with Crippen molar-refractivity contribution in [3.05, 3.63) is 0 Å². The van der Waals surface area contributed by atoms with Crippen LogP contribution in [0.2, 0.25) is 0 Å². The van der Waals surface area contributed by atoms with Crippen LogP contribution in [0.15, 0.2) is 0 Å². The van der Waals surface area contributed by atoms with Gasteiger partial charge in [-0.05, 0) is 19.3 Å². The van der Waals surface area contributed by atoms with E-state index in [1.807, 2.05) is 0 Å². The summed E-state index contributed by atoms with van der Waals surface area (Å²) >= 11 is 0. The van der Waals surface area contributed by atoms with Gasteiger partial charge in [0.15, 0.2) is 0 Å². The van der Waals surface area contributed by atoms with Crippen molar-refractivity contribution in [3.8, 4) is 0 Å². The Morgan fingerprint density at radius 1 is 0.952 bits per heavy atom. The third-order valence-electron chi connectivity index (χ3n) is 3.70. The summed E-state index contributed by atoms with van der Waals surface area (Å²) in [5, 5.41) is 9.70. The molecule has 0 saturated carbocycles. The highest BCUT2D eigenvalue weighted by atomic mass is 16.5. The van der Waals surface area contributed by atoms with Crippen molar-refractivity contribution in [2.45, 2.75) is 90.1 Å². The molecule has 0 rings (SSSR count). The maximum absolute atomic E-state index is 11.4. The average Bonchev–Trinajstić information content (AvgIpc) is 2.47. The lowest BCUT2D eigenvalue weighted by Gasteiger charge is -2.09. The van der Waals surface area contributed by atoms with Crippen LogP contribution in [0.5, 0.6) is 0 Å². The average molecular weight is 300 g/mol. The van der Waals surface area contributed by atoms with Gasteiger partial charge in [0.05, 0.1) is 13.2 Å². The Balaban J connectivity index is 3.29. The molecule has 1 unspecified atom stereocenters. The molecule has 0 aromatic rings. The molecule has 0 aliphatic carbocycles. The summed E-state index contributed by atoms with van der Waals surface area (Å²) < 4.78 is 4.46. The van der Waals surface area contributed by atoms with Crippen LogP contribution in [0.1, 0.15) is 84.0 Å². The van der Waals surface area contributed by atoms with E-state index in [9.17, 15) is 14.7 Å². The molecule has 0 aliphatic heterocycles. The molecule has 1 N–H and O–H groups in total. The standard InChI is InChI=1S/C17H32O4/c1-3-4-11-15(18)12-9-7-5-6-8-10-13-16(19)14-17(20)21-2/h15,18H,3-14H2,1-2H3. The normalized spacial score (nSPS) is 12.1. The highest BCUT2D eigenvalue weighted by Crippen LogP contribution is 2.12. The third kappa shape index (κ3) is 13.8. The molecule has 0 aliphatic rings. The minimum absolute atomic E-state index is 0.0269. The number of Topliss-reactive ketones (excluding diaryl/α,β-unsaturated/α-hetero) is 1. The van der Waals surface area contributed by atoms with E-state index < -0.39 is 5.97 Å². The van der Waals surface area contributed by atoms with Gasteiger partial charge in [-0.2, -0.15) is 0 Å². The molecule has 4 nitrogen and oxygen atoms in total. The fraction of sp³-hybridized carbons (Fsp3) is 0.882. The second-order valence-corrected chi connectivity index (χ2v) is 5.75. The maximum Gasteiger partial charge on any atom is 0.313 e. The molecular formula is C17H32O4. The molecule has 21 heavy (non-hydrogen) atoms. The Hall–Kier alpha value is -0.900. The molecule has 0 amide bonds. The largest absolute Gasteiger partial charge is 0.469 e. The Bertz CT molecular complexity index is 276. The summed E-state index contributed by atoms with van der Waals surface area (Å²) in [6, 6.07) is 0. The summed E-state index contributed by atoms with van der Waals surface area (Å²) in [6.45, 7) is 2.14. The number of carbonyl (C=O) groups excluding carboxylic acids is 2. The Labute approximate surface area is 129 Å². The summed E-state index contributed by atoms with van der Waals surface area (Å²) in [7, 11) is 1.30. The number of hydrogen-bond donors (Lipinski definition) is 1. The monoisotopic (exact) mass is 300 g/mol. The first-order valence-corrected chi connectivity index (χ1v) is 8.36. The summed E-state index contributed by atoms with van der Waals surface area (Å²) in [5.74, 6) is -0.470. The van der Waals surface area contributed by atoms with Crippen molar-refractivity contribution in [3.63, 3.8) is 0 Å². The van der Waals surface area contributed by atoms with Crippen LogP contribution in [0, 0.1) is 0 Å². The number of methoxy groups -OCH3 is 1. The molecule has 0 aromatic carbocycles. The Morgan fingerprint density at radius 3 is 2.14 bits per heavy atom. The van der Waals surface area contributed by atoms with E-state index >= 15 is 0 Å². The van der Waals surface area contributed by atoms with Gasteiger partial charge in [0.25, 0.3) is 0 Å². The van der Waals surface area contributed by atoms with Gasteiger partial charge >= 0.3 is 5.97 Å². The van der Waals surface area contributed by atoms with Crippen LogP contribution in [0.3, 0.4) is 0 Å². The zero-order valence-electron chi connectivity index (χ0n) is 13.7. The quantitative estimate of drug-likeness (QED) is 0.301. The zero-order chi connectivity index (χ0) is 15.9. The Kier molecular flexibility index (Phi) is 13.5. The van der Waals surface area contributed by atoms with Gasteiger partial charge in [-0.3, -0.25) is 9.59 Å². The number of aliphatic hydroxyl groups excluding tert-OH is 1. The molecule has 1 atom stereocenters. The Morgan fingerprint density at radius 2 is 1.52 bits per heavy atom. The smallest absolute Gasteiger partial charge is 0.313 e. The van der Waals surface area contributed by atoms with Crippen LogP contribution < -0.4 is 0 Å². The lowest BCUT2D eigenvalue weighted by molar-refractivity contribution is -0.143. The molecule has 124 valence electrons. The predicted molar refractivity (Wildman–Crippen MR) is 84.1 cm³/mol. The summed E-state index contributed by atoms with van der Waals surface area (Å²) in [4.78, 5) is 22.3. The summed E-state index contributed by atoms with van der Waals surface area (Å²) in [6.07, 6.45) is 10.8. The van der Waals surface area contributed by atoms with E-state index in [0.29, 0.717) is 6.42 Å². The highest BCUT2D eigenvalue weighted by Gasteiger charge is 2.08. The van der Waals surface area contributed by atoms with Crippen molar-refractivity contribution in [2.75, 3.05) is 7.11 Å². The van der Waals surface area contributed by atoms with E-state index in [2.05, 4.69) is 11.7 Å². The zero-order valence-corrected chi connectivity index (χ0v) is 13.7. The second kappa shape index (κ2) is 14.1. The maximum atomic E-state index is 11.4. The van der Waals surface area contributed by atoms with Crippen molar-refractivity contribution < 1.29 is 19.4 Å². The first-order chi connectivity index (χ1) is 10.1. The fourth-order valence-corrected chi connectivity index (χ4v) is 2.31. The lowest BCUT2D eigenvalue weighted by atomic mass is 10.0. The van der Waals surface area contributed by atoms with E-state index in [1.165, 1.54) is 7.11 Å². The van der Waals surface area contributed by atoms with Gasteiger partial charge in [-0.25, -0.2) is 0 Å². The van der Waals surface area contributed by atoms with Crippen molar-refractivity contribution in [1.82, 2.24) is 0 Å². The van der Waals surface area contributed by atoms with Crippen molar-refractivity contribution in [2.24, 2.45) is 0 Å². The van der Waals surface area contributed by atoms with Gasteiger partial charge in [-0.1, -0.05) is 51.9 Å². The van der Waals surface area contributed by atoms with Crippen molar-refractivity contribution in [1.29, 1.82) is 0 Å². The number of unbranched alkanes of at least 4 members (excludes halogenated alkanes) is 6. The SMILES string of the molecule is CCCCC(O)CCCCCCCCC(=O)CC(=O)OC. The fourth-order valence-electron chi connectivity index (χ4n) is 2.31. The molecule has 0 heterocycles. The van der Waals surface area contributed by atoms with Gasteiger partial charge in [0.2, 0.25) is 0 Å². The van der Waals surface area contributed by atoms with Crippen LogP contribution >= 0.6 is 0 Å². The molecule has 0 fully saturated rings. The number of ketones is 1. The predicted octanol–water partition coefficient (Wildman–Crippen LogP) is 3.79. The second-order valence-electron chi connectivity index (χ2n) is 5.75. The van der Waals surface area contributed by atoms with E-state index in [4.69, 9.17) is 0 Å². The lowest BCUT2D eigenvalue weighted by Crippen LogP contribution is -2.08. The third-order valence-corrected chi connectivity index (χ3v) is 3.70. The summed E-state index contributed by atoms with van der Waals surface area (Å²) in [5.41, 5.74) is 0. The number of esters is 1. The van der Waals surface area contributed by atoms with Gasteiger partial charge in [0.1, 0.15) is 12.2 Å². The number of rotatable bonds is 14. The number of carbonyl (C=O) groups is 2. The number of hydrogen-bond acceptors (Lipinski definition) is 4. The van der Waals surface area contributed by atoms with Gasteiger partial charge < -0.3 is 9.84 Å². The molecule has 4 heteroatoms. The van der Waals surface area contributed by atoms with Crippen molar-refractivity contribution >= 4 is 11.8 Å². The van der Waals surface area contributed by atoms with Gasteiger partial charge in [0, 0.05) is 6.42 Å². The first-order valence-electron chi connectivity index (χ1n) is 8.36. The van der Waals surface area contributed by atoms with E-state index in [0.717, 1.165) is 64.2 Å². The minimum atomic E-state index is -0.443. The van der Waals surface area contributed by atoms with E-state index in [1.54, 1.807) is 0 Å². The van der Waals surface area contributed by atoms with Crippen LogP contribution in [0.25, 0.3) is 0 Å². The van der Waals surface area contributed by atoms with Crippen LogP contribution in [0.4, 0.5) is 0 Å². The van der Waals surface area contributed by atoms with Gasteiger partial charge in [-0.15, -0.1) is 0 Å². The van der Waals surface area contributed by atoms with E-state index in [-0.39, 0.29) is 18.3 Å². The topological polar surface area (TPSA) is 63.6 Å². The molecule has 0 radical (unpaired) electrons. The molecule has 0 aromatic heterocycles.